The van der Waals surface area contributed by atoms with Gasteiger partial charge in [-0.05, 0) is 29.8 Å². The summed E-state index contributed by atoms with van der Waals surface area (Å²) < 4.78 is 18.1. The Balaban J connectivity index is 1.67. The SMILES string of the molecule is O=C(Nc1ccc(F)cc1)c1nnc(Cc2ccccc2)o1. The number of halogens is 1. The Bertz CT molecular complexity index is 770. The van der Waals surface area contributed by atoms with Gasteiger partial charge in [0.1, 0.15) is 5.82 Å². The van der Waals surface area contributed by atoms with E-state index in [4.69, 9.17) is 4.42 Å². The lowest BCUT2D eigenvalue weighted by Crippen LogP contribution is -2.12. The Hall–Kier alpha value is -3.02. The maximum absolute atomic E-state index is 12.8. The van der Waals surface area contributed by atoms with E-state index in [-0.39, 0.29) is 11.7 Å². The van der Waals surface area contributed by atoms with E-state index in [1.54, 1.807) is 0 Å². The standard InChI is InChI=1S/C16H12FN3O2/c17-12-6-8-13(9-7-12)18-15(21)16-20-19-14(22-16)10-11-4-2-1-3-5-11/h1-9H,10H2,(H,18,21). The third-order valence-electron chi connectivity index (χ3n) is 2.96. The molecular formula is C16H12FN3O2. The molecule has 0 saturated carbocycles. The second-order valence-corrected chi connectivity index (χ2v) is 4.62. The van der Waals surface area contributed by atoms with Crippen LogP contribution in [0.3, 0.4) is 0 Å². The smallest absolute Gasteiger partial charge is 0.313 e. The lowest BCUT2D eigenvalue weighted by molar-refractivity contribution is 0.0988. The number of aromatic nitrogens is 2. The number of nitrogens with one attached hydrogen (secondary N) is 1. The van der Waals surface area contributed by atoms with E-state index in [0.717, 1.165) is 5.56 Å². The van der Waals surface area contributed by atoms with Crippen LogP contribution in [0.1, 0.15) is 22.1 Å². The Kier molecular flexibility index (Phi) is 3.91. The number of anilines is 1. The largest absolute Gasteiger partial charge is 0.417 e. The van der Waals surface area contributed by atoms with Gasteiger partial charge in [0.2, 0.25) is 5.89 Å². The van der Waals surface area contributed by atoms with Crippen molar-refractivity contribution in [1.29, 1.82) is 0 Å². The summed E-state index contributed by atoms with van der Waals surface area (Å²) in [4.78, 5) is 12.0. The van der Waals surface area contributed by atoms with Crippen molar-refractivity contribution < 1.29 is 13.6 Å². The van der Waals surface area contributed by atoms with Gasteiger partial charge < -0.3 is 9.73 Å². The number of amides is 1. The lowest BCUT2D eigenvalue weighted by atomic mass is 10.2. The predicted molar refractivity (Wildman–Crippen MR) is 77.9 cm³/mol. The highest BCUT2D eigenvalue weighted by Crippen LogP contribution is 2.12. The molecule has 0 bridgehead atoms. The van der Waals surface area contributed by atoms with Gasteiger partial charge in [0.25, 0.3) is 0 Å². The summed E-state index contributed by atoms with van der Waals surface area (Å²) in [6.07, 6.45) is 0.456. The molecule has 0 unspecified atom stereocenters. The first-order valence-corrected chi connectivity index (χ1v) is 6.64. The molecule has 0 spiro atoms. The summed E-state index contributed by atoms with van der Waals surface area (Å²) in [6.45, 7) is 0. The minimum atomic E-state index is -0.529. The van der Waals surface area contributed by atoms with Gasteiger partial charge in [0.05, 0.1) is 6.42 Å². The van der Waals surface area contributed by atoms with Crippen LogP contribution in [0.25, 0.3) is 0 Å². The van der Waals surface area contributed by atoms with Crippen LogP contribution >= 0.6 is 0 Å². The van der Waals surface area contributed by atoms with E-state index in [0.29, 0.717) is 18.0 Å². The maximum atomic E-state index is 12.8. The molecule has 2 aromatic carbocycles. The molecular weight excluding hydrogens is 285 g/mol. The van der Waals surface area contributed by atoms with Crippen molar-refractivity contribution in [2.45, 2.75) is 6.42 Å². The molecule has 0 radical (unpaired) electrons. The van der Waals surface area contributed by atoms with E-state index < -0.39 is 5.91 Å². The summed E-state index contributed by atoms with van der Waals surface area (Å²) in [6, 6.07) is 15.0. The zero-order chi connectivity index (χ0) is 15.4. The average Bonchev–Trinajstić information content (AvgIpc) is 2.99. The molecule has 1 heterocycles. The zero-order valence-corrected chi connectivity index (χ0v) is 11.5. The predicted octanol–water partition coefficient (Wildman–Crippen LogP) is 3.05. The van der Waals surface area contributed by atoms with Crippen molar-refractivity contribution in [2.24, 2.45) is 0 Å². The fourth-order valence-electron chi connectivity index (χ4n) is 1.91. The quantitative estimate of drug-likeness (QED) is 0.803. The molecule has 22 heavy (non-hydrogen) atoms. The first-order valence-electron chi connectivity index (χ1n) is 6.64. The van der Waals surface area contributed by atoms with E-state index >= 15 is 0 Å². The summed E-state index contributed by atoms with van der Waals surface area (Å²) in [5.41, 5.74) is 1.46. The van der Waals surface area contributed by atoms with Crippen LogP contribution < -0.4 is 5.32 Å². The van der Waals surface area contributed by atoms with Crippen LogP contribution in [0.15, 0.2) is 59.0 Å². The van der Waals surface area contributed by atoms with Gasteiger partial charge in [-0.25, -0.2) is 4.39 Å². The summed E-state index contributed by atoms with van der Waals surface area (Å²) in [5.74, 6) is -0.676. The molecule has 0 atom stereocenters. The van der Waals surface area contributed by atoms with Crippen LogP contribution in [0.2, 0.25) is 0 Å². The zero-order valence-electron chi connectivity index (χ0n) is 11.5. The van der Waals surface area contributed by atoms with Gasteiger partial charge in [-0.3, -0.25) is 4.79 Å². The third kappa shape index (κ3) is 3.35. The second kappa shape index (κ2) is 6.17. The summed E-state index contributed by atoms with van der Waals surface area (Å²) in [7, 11) is 0. The van der Waals surface area contributed by atoms with Gasteiger partial charge in [0, 0.05) is 5.69 Å². The van der Waals surface area contributed by atoms with Crippen molar-refractivity contribution >= 4 is 11.6 Å². The van der Waals surface area contributed by atoms with Crippen molar-refractivity contribution in [3.8, 4) is 0 Å². The van der Waals surface area contributed by atoms with Crippen LogP contribution in [-0.2, 0) is 6.42 Å². The van der Waals surface area contributed by atoms with Gasteiger partial charge in [-0.2, -0.15) is 0 Å². The fraction of sp³-hybridized carbons (Fsp3) is 0.0625. The monoisotopic (exact) mass is 297 g/mol. The number of hydrogen-bond donors (Lipinski definition) is 1. The molecule has 6 heteroatoms. The number of carbonyl (C=O) groups is 1. The molecule has 3 aromatic rings. The van der Waals surface area contributed by atoms with Gasteiger partial charge in [-0.15, -0.1) is 10.2 Å². The molecule has 110 valence electrons. The van der Waals surface area contributed by atoms with Gasteiger partial charge >= 0.3 is 11.8 Å². The molecule has 1 aromatic heterocycles. The molecule has 1 amide bonds. The molecule has 0 fully saturated rings. The van der Waals surface area contributed by atoms with E-state index in [1.807, 2.05) is 30.3 Å². The number of nitrogens with zero attached hydrogens (tertiary/aromatic N) is 2. The number of rotatable bonds is 4. The number of benzene rings is 2. The minimum absolute atomic E-state index is 0.129. The molecule has 5 nitrogen and oxygen atoms in total. The molecule has 0 aliphatic rings. The summed E-state index contributed by atoms with van der Waals surface area (Å²) in [5, 5.41) is 10.1. The molecule has 1 N–H and O–H groups in total. The number of hydrogen-bond acceptors (Lipinski definition) is 4. The lowest BCUT2D eigenvalue weighted by Gasteiger charge is -2.01. The van der Waals surface area contributed by atoms with Crippen molar-refractivity contribution in [1.82, 2.24) is 10.2 Å². The van der Waals surface area contributed by atoms with Crippen LogP contribution in [-0.4, -0.2) is 16.1 Å². The molecule has 0 aliphatic carbocycles. The summed E-state index contributed by atoms with van der Waals surface area (Å²) >= 11 is 0. The Morgan fingerprint density at radius 1 is 1.05 bits per heavy atom. The van der Waals surface area contributed by atoms with Gasteiger partial charge in [-0.1, -0.05) is 30.3 Å². The van der Waals surface area contributed by atoms with Gasteiger partial charge in [0.15, 0.2) is 0 Å². The highest BCUT2D eigenvalue weighted by atomic mass is 19.1. The Morgan fingerprint density at radius 3 is 2.50 bits per heavy atom. The first-order chi connectivity index (χ1) is 10.7. The third-order valence-corrected chi connectivity index (χ3v) is 2.96. The molecule has 0 saturated heterocycles. The second-order valence-electron chi connectivity index (χ2n) is 4.62. The van der Waals surface area contributed by atoms with Crippen molar-refractivity contribution in [3.63, 3.8) is 0 Å². The Labute approximate surface area is 125 Å². The highest BCUT2D eigenvalue weighted by Gasteiger charge is 2.15. The Morgan fingerprint density at radius 2 is 1.77 bits per heavy atom. The molecule has 0 aliphatic heterocycles. The van der Waals surface area contributed by atoms with Crippen LogP contribution in [0.5, 0.6) is 0 Å². The normalized spacial score (nSPS) is 10.4. The van der Waals surface area contributed by atoms with Crippen LogP contribution in [0.4, 0.5) is 10.1 Å². The van der Waals surface area contributed by atoms with E-state index in [1.165, 1.54) is 24.3 Å². The number of carbonyl (C=O) groups excluding carboxylic acids is 1. The van der Waals surface area contributed by atoms with E-state index in [9.17, 15) is 9.18 Å². The molecule has 3 rings (SSSR count). The minimum Gasteiger partial charge on any atom is -0.417 e. The van der Waals surface area contributed by atoms with Crippen molar-refractivity contribution in [2.75, 3.05) is 5.32 Å². The first kappa shape index (κ1) is 13.9. The van der Waals surface area contributed by atoms with E-state index in [2.05, 4.69) is 15.5 Å². The fourth-order valence-corrected chi connectivity index (χ4v) is 1.91. The maximum Gasteiger partial charge on any atom is 0.313 e. The van der Waals surface area contributed by atoms with Crippen molar-refractivity contribution in [3.05, 3.63) is 77.8 Å². The topological polar surface area (TPSA) is 68.0 Å². The highest BCUT2D eigenvalue weighted by molar-refractivity contribution is 6.00. The van der Waals surface area contributed by atoms with Crippen LogP contribution in [0, 0.1) is 5.82 Å². The average molecular weight is 297 g/mol.